The quantitative estimate of drug-likeness (QED) is 0.826. The third kappa shape index (κ3) is 4.64. The summed E-state index contributed by atoms with van der Waals surface area (Å²) in [5.41, 5.74) is 7.19. The summed E-state index contributed by atoms with van der Waals surface area (Å²) in [5, 5.41) is 0. The first-order valence-electron chi connectivity index (χ1n) is 6.35. The topological polar surface area (TPSA) is 61.0 Å². The Hall–Kier alpha value is -1.73. The fourth-order valence-corrected chi connectivity index (χ4v) is 2.23. The summed E-state index contributed by atoms with van der Waals surface area (Å²) >= 11 is 0.509. The van der Waals surface area contributed by atoms with E-state index in [1.54, 1.807) is 30.3 Å². The van der Waals surface area contributed by atoms with Gasteiger partial charge in [0.05, 0.1) is 5.69 Å². The van der Waals surface area contributed by atoms with E-state index in [4.69, 9.17) is 10.5 Å². The summed E-state index contributed by atoms with van der Waals surface area (Å²) in [6, 6.07) is 8.37. The van der Waals surface area contributed by atoms with Gasteiger partial charge < -0.3 is 10.5 Å². The van der Waals surface area contributed by atoms with Crippen molar-refractivity contribution in [3.8, 4) is 11.3 Å². The molecule has 0 aliphatic heterocycles. The number of nitrogens with two attached hydrogens (primary N) is 1. The Balaban J connectivity index is 2.22. The number of rotatable bonds is 6. The molecule has 0 radical (unpaired) electrons. The smallest absolute Gasteiger partial charge is 0.288 e. The van der Waals surface area contributed by atoms with E-state index in [1.807, 2.05) is 6.92 Å². The minimum Gasteiger partial charge on any atom is -0.384 e. The first kappa shape index (κ1) is 15.7. The molecule has 1 aromatic heterocycles. The van der Waals surface area contributed by atoms with Crippen LogP contribution in [0, 0.1) is 0 Å². The normalized spacial score (nSPS) is 11.0. The lowest BCUT2D eigenvalue weighted by molar-refractivity contribution is 0.128. The second-order valence-corrected chi connectivity index (χ2v) is 5.20. The number of halogens is 2. The van der Waals surface area contributed by atoms with Crippen molar-refractivity contribution in [2.45, 2.75) is 24.2 Å². The molecule has 1 heterocycles. The van der Waals surface area contributed by atoms with Gasteiger partial charge in [-0.05, 0) is 19.1 Å². The zero-order valence-electron chi connectivity index (χ0n) is 11.4. The van der Waals surface area contributed by atoms with Gasteiger partial charge in [0.15, 0.2) is 5.82 Å². The average Bonchev–Trinajstić information content (AvgIpc) is 2.44. The van der Waals surface area contributed by atoms with Gasteiger partial charge >= 0.3 is 0 Å². The maximum Gasteiger partial charge on any atom is 0.288 e. The molecule has 0 atom stereocenters. The number of ether oxygens (including phenoxy) is 1. The third-order valence-electron chi connectivity index (χ3n) is 2.60. The van der Waals surface area contributed by atoms with Crippen molar-refractivity contribution in [1.29, 1.82) is 0 Å². The number of nitrogen functional groups attached to an aromatic ring is 1. The second kappa shape index (κ2) is 7.33. The van der Waals surface area contributed by atoms with E-state index < -0.39 is 5.76 Å². The van der Waals surface area contributed by atoms with Crippen molar-refractivity contribution < 1.29 is 13.5 Å². The summed E-state index contributed by atoms with van der Waals surface area (Å²) in [7, 11) is 0. The van der Waals surface area contributed by atoms with E-state index in [9.17, 15) is 8.78 Å². The van der Waals surface area contributed by atoms with Crippen LogP contribution in [0.15, 0.2) is 35.2 Å². The molecule has 0 bridgehead atoms. The van der Waals surface area contributed by atoms with Gasteiger partial charge in [0.1, 0.15) is 12.4 Å². The van der Waals surface area contributed by atoms with Gasteiger partial charge in [0.25, 0.3) is 5.76 Å². The number of nitrogens with zero attached hydrogens (tertiary/aromatic N) is 2. The maximum atomic E-state index is 12.3. The maximum absolute atomic E-state index is 12.3. The third-order valence-corrected chi connectivity index (χ3v) is 3.33. The molecule has 0 amide bonds. The van der Waals surface area contributed by atoms with E-state index >= 15 is 0 Å². The van der Waals surface area contributed by atoms with Crippen LogP contribution in [0.5, 0.6) is 0 Å². The number of alkyl halides is 2. The molecule has 0 saturated heterocycles. The Morgan fingerprint density at radius 1 is 1.24 bits per heavy atom. The molecule has 0 aliphatic rings. The van der Waals surface area contributed by atoms with Crippen molar-refractivity contribution in [2.24, 2.45) is 0 Å². The minimum atomic E-state index is -2.43. The summed E-state index contributed by atoms with van der Waals surface area (Å²) in [4.78, 5) is 8.96. The van der Waals surface area contributed by atoms with Crippen LogP contribution in [0.4, 0.5) is 14.6 Å². The number of anilines is 1. The fourth-order valence-electron chi connectivity index (χ4n) is 1.73. The van der Waals surface area contributed by atoms with Crippen molar-refractivity contribution in [3.63, 3.8) is 0 Å². The summed E-state index contributed by atoms with van der Waals surface area (Å²) in [6.45, 7) is 2.73. The van der Waals surface area contributed by atoms with Crippen molar-refractivity contribution in [2.75, 3.05) is 12.3 Å². The predicted octanol–water partition coefficient (Wildman–Crippen LogP) is 3.58. The molecule has 0 spiro atoms. The Morgan fingerprint density at radius 3 is 2.57 bits per heavy atom. The van der Waals surface area contributed by atoms with Crippen LogP contribution in [0.1, 0.15) is 12.7 Å². The van der Waals surface area contributed by atoms with Crippen LogP contribution in [0.3, 0.4) is 0 Å². The zero-order chi connectivity index (χ0) is 15.2. The van der Waals surface area contributed by atoms with Gasteiger partial charge in [-0.3, -0.25) is 0 Å². The lowest BCUT2D eigenvalue weighted by atomic mass is 10.1. The van der Waals surface area contributed by atoms with E-state index in [2.05, 4.69) is 9.97 Å². The van der Waals surface area contributed by atoms with E-state index in [1.165, 1.54) is 0 Å². The molecule has 0 unspecified atom stereocenters. The van der Waals surface area contributed by atoms with Crippen LogP contribution < -0.4 is 5.73 Å². The number of hydrogen-bond donors (Lipinski definition) is 1. The van der Waals surface area contributed by atoms with Crippen LogP contribution in [-0.2, 0) is 11.3 Å². The SMILES string of the molecule is CCOCc1nc(N)cc(-c2ccc(SC(F)F)cc2)n1. The Labute approximate surface area is 125 Å². The first-order valence-corrected chi connectivity index (χ1v) is 7.23. The van der Waals surface area contributed by atoms with Crippen LogP contribution in [0.2, 0.25) is 0 Å². The van der Waals surface area contributed by atoms with Crippen LogP contribution in [0.25, 0.3) is 11.3 Å². The summed E-state index contributed by atoms with van der Waals surface area (Å²) < 4.78 is 29.8. The van der Waals surface area contributed by atoms with Crippen molar-refractivity contribution in [1.82, 2.24) is 9.97 Å². The monoisotopic (exact) mass is 311 g/mol. The van der Waals surface area contributed by atoms with Crippen LogP contribution in [-0.4, -0.2) is 22.3 Å². The summed E-state index contributed by atoms with van der Waals surface area (Å²) in [5.74, 6) is -1.58. The number of benzene rings is 1. The highest BCUT2D eigenvalue weighted by molar-refractivity contribution is 7.99. The number of aromatic nitrogens is 2. The van der Waals surface area contributed by atoms with Gasteiger partial charge in [0, 0.05) is 23.1 Å². The predicted molar refractivity (Wildman–Crippen MR) is 79.1 cm³/mol. The molecular weight excluding hydrogens is 296 g/mol. The van der Waals surface area contributed by atoms with Crippen molar-refractivity contribution in [3.05, 3.63) is 36.2 Å². The highest BCUT2D eigenvalue weighted by Crippen LogP contribution is 2.27. The van der Waals surface area contributed by atoms with E-state index in [0.717, 1.165) is 5.56 Å². The number of hydrogen-bond acceptors (Lipinski definition) is 5. The van der Waals surface area contributed by atoms with E-state index in [-0.39, 0.29) is 6.61 Å². The molecule has 2 N–H and O–H groups in total. The molecule has 4 nitrogen and oxygen atoms in total. The van der Waals surface area contributed by atoms with E-state index in [0.29, 0.717) is 40.6 Å². The first-order chi connectivity index (χ1) is 10.1. The van der Waals surface area contributed by atoms with Crippen molar-refractivity contribution >= 4 is 17.6 Å². The standard InChI is InChI=1S/C14H15F2N3OS/c1-2-20-8-13-18-11(7-12(17)19-13)9-3-5-10(6-4-9)21-14(15)16/h3-7,14H,2,8H2,1H3,(H2,17,18,19). The fraction of sp³-hybridized carbons (Fsp3) is 0.286. The average molecular weight is 311 g/mol. The molecule has 2 rings (SSSR count). The Bertz CT molecular complexity index is 593. The second-order valence-electron chi connectivity index (χ2n) is 4.13. The molecule has 0 fully saturated rings. The zero-order valence-corrected chi connectivity index (χ0v) is 12.2. The largest absolute Gasteiger partial charge is 0.384 e. The Kier molecular flexibility index (Phi) is 5.46. The summed E-state index contributed by atoms with van der Waals surface area (Å²) in [6.07, 6.45) is 0. The minimum absolute atomic E-state index is 0.286. The van der Waals surface area contributed by atoms with Gasteiger partial charge in [0.2, 0.25) is 0 Å². The molecule has 0 aliphatic carbocycles. The van der Waals surface area contributed by atoms with Gasteiger partial charge in [-0.1, -0.05) is 23.9 Å². The molecule has 0 saturated carbocycles. The lowest BCUT2D eigenvalue weighted by Crippen LogP contribution is -2.03. The van der Waals surface area contributed by atoms with Gasteiger partial charge in [-0.25, -0.2) is 9.97 Å². The highest BCUT2D eigenvalue weighted by atomic mass is 32.2. The molecular formula is C14H15F2N3OS. The molecule has 7 heteroatoms. The number of thioether (sulfide) groups is 1. The molecule has 112 valence electrons. The van der Waals surface area contributed by atoms with Gasteiger partial charge in [-0.15, -0.1) is 0 Å². The Morgan fingerprint density at radius 2 is 1.95 bits per heavy atom. The molecule has 21 heavy (non-hydrogen) atoms. The molecule has 1 aromatic carbocycles. The highest BCUT2D eigenvalue weighted by Gasteiger charge is 2.08. The van der Waals surface area contributed by atoms with Gasteiger partial charge in [-0.2, -0.15) is 8.78 Å². The molecule has 2 aromatic rings. The van der Waals surface area contributed by atoms with Crippen LogP contribution >= 0.6 is 11.8 Å². The lowest BCUT2D eigenvalue weighted by Gasteiger charge is -2.07.